The third-order valence-electron chi connectivity index (χ3n) is 3.52. The van der Waals surface area contributed by atoms with E-state index in [0.29, 0.717) is 5.92 Å². The SMILES string of the molecule is CC(C)CCOCCC(CBr)(CBr)c1ccccc1Br. The Labute approximate surface area is 148 Å². The fraction of sp³-hybridized carbons (Fsp3) is 0.625. The minimum absolute atomic E-state index is 0.0674. The van der Waals surface area contributed by atoms with Crippen molar-refractivity contribution >= 4 is 47.8 Å². The van der Waals surface area contributed by atoms with Gasteiger partial charge in [-0.15, -0.1) is 0 Å². The van der Waals surface area contributed by atoms with Gasteiger partial charge in [0, 0.05) is 33.8 Å². The zero-order valence-corrected chi connectivity index (χ0v) is 16.9. The zero-order valence-electron chi connectivity index (χ0n) is 12.2. The Morgan fingerprint density at radius 1 is 1.10 bits per heavy atom. The smallest absolute Gasteiger partial charge is 0.0475 e. The summed E-state index contributed by atoms with van der Waals surface area (Å²) in [6, 6.07) is 8.45. The van der Waals surface area contributed by atoms with E-state index in [9.17, 15) is 0 Å². The van der Waals surface area contributed by atoms with Crippen LogP contribution in [0.3, 0.4) is 0 Å². The van der Waals surface area contributed by atoms with E-state index in [1.54, 1.807) is 0 Å². The number of hydrogen-bond acceptors (Lipinski definition) is 1. The van der Waals surface area contributed by atoms with Crippen molar-refractivity contribution in [3.8, 4) is 0 Å². The lowest BCUT2D eigenvalue weighted by atomic mass is 9.82. The van der Waals surface area contributed by atoms with Gasteiger partial charge >= 0.3 is 0 Å². The highest BCUT2D eigenvalue weighted by Gasteiger charge is 2.31. The Kier molecular flexibility index (Phi) is 8.96. The molecule has 0 radical (unpaired) electrons. The minimum Gasteiger partial charge on any atom is -0.381 e. The van der Waals surface area contributed by atoms with Gasteiger partial charge in [-0.3, -0.25) is 0 Å². The lowest BCUT2D eigenvalue weighted by Crippen LogP contribution is -2.32. The normalized spacial score (nSPS) is 12.1. The summed E-state index contributed by atoms with van der Waals surface area (Å²) in [4.78, 5) is 0. The largest absolute Gasteiger partial charge is 0.381 e. The third-order valence-corrected chi connectivity index (χ3v) is 6.36. The standard InChI is InChI=1S/C16H23Br3O/c1-13(2)7-9-20-10-8-16(11-17,12-18)14-5-3-4-6-15(14)19/h3-6,13H,7-12H2,1-2H3. The molecule has 0 aromatic heterocycles. The number of benzene rings is 1. The molecule has 0 N–H and O–H groups in total. The molecule has 0 heterocycles. The van der Waals surface area contributed by atoms with E-state index in [0.717, 1.165) is 36.7 Å². The van der Waals surface area contributed by atoms with E-state index in [-0.39, 0.29) is 5.41 Å². The van der Waals surface area contributed by atoms with Crippen LogP contribution in [0, 0.1) is 5.92 Å². The van der Waals surface area contributed by atoms with Crippen LogP contribution >= 0.6 is 47.8 Å². The molecule has 0 bridgehead atoms. The molecule has 0 unspecified atom stereocenters. The molecule has 0 atom stereocenters. The lowest BCUT2D eigenvalue weighted by molar-refractivity contribution is 0.110. The molecule has 0 saturated heterocycles. The fourth-order valence-electron chi connectivity index (χ4n) is 2.03. The lowest BCUT2D eigenvalue weighted by Gasteiger charge is -2.31. The first-order chi connectivity index (χ1) is 9.55. The molecule has 1 aromatic rings. The first-order valence-electron chi connectivity index (χ1n) is 7.00. The Balaban J connectivity index is 2.66. The summed E-state index contributed by atoms with van der Waals surface area (Å²) in [7, 11) is 0. The number of rotatable bonds is 9. The number of halogens is 3. The van der Waals surface area contributed by atoms with Crippen LogP contribution in [-0.2, 0) is 10.2 Å². The fourth-order valence-corrected chi connectivity index (χ4v) is 4.83. The van der Waals surface area contributed by atoms with Gasteiger partial charge in [0.25, 0.3) is 0 Å². The third kappa shape index (κ3) is 5.43. The Bertz CT molecular complexity index is 389. The summed E-state index contributed by atoms with van der Waals surface area (Å²) >= 11 is 11.1. The highest BCUT2D eigenvalue weighted by molar-refractivity contribution is 9.10. The summed E-state index contributed by atoms with van der Waals surface area (Å²) in [6.07, 6.45) is 2.13. The molecule has 0 spiro atoms. The second kappa shape index (κ2) is 9.60. The first-order valence-corrected chi connectivity index (χ1v) is 10.0. The maximum Gasteiger partial charge on any atom is 0.0475 e. The summed E-state index contributed by atoms with van der Waals surface area (Å²) < 4.78 is 6.98. The molecular formula is C16H23Br3O. The van der Waals surface area contributed by atoms with Gasteiger partial charge in [-0.2, -0.15) is 0 Å². The average molecular weight is 471 g/mol. The maximum absolute atomic E-state index is 5.81. The van der Waals surface area contributed by atoms with Gasteiger partial charge in [-0.1, -0.05) is 79.8 Å². The van der Waals surface area contributed by atoms with E-state index in [1.165, 1.54) is 10.0 Å². The van der Waals surface area contributed by atoms with Crippen LogP contribution in [0.4, 0.5) is 0 Å². The molecule has 1 aromatic carbocycles. The van der Waals surface area contributed by atoms with Crippen molar-refractivity contribution < 1.29 is 4.74 Å². The highest BCUT2D eigenvalue weighted by Crippen LogP contribution is 2.36. The van der Waals surface area contributed by atoms with Crippen LogP contribution in [0.5, 0.6) is 0 Å². The van der Waals surface area contributed by atoms with Gasteiger partial charge in [0.2, 0.25) is 0 Å². The van der Waals surface area contributed by atoms with Crippen molar-refractivity contribution in [2.75, 3.05) is 23.9 Å². The molecule has 0 saturated carbocycles. The van der Waals surface area contributed by atoms with Crippen LogP contribution in [0.15, 0.2) is 28.7 Å². The molecule has 0 fully saturated rings. The average Bonchev–Trinajstić information content (AvgIpc) is 2.44. The van der Waals surface area contributed by atoms with Gasteiger partial charge in [0.05, 0.1) is 0 Å². The summed E-state index contributed by atoms with van der Waals surface area (Å²) in [5.41, 5.74) is 1.40. The van der Waals surface area contributed by atoms with Gasteiger partial charge < -0.3 is 4.74 Å². The van der Waals surface area contributed by atoms with Crippen LogP contribution in [0.25, 0.3) is 0 Å². The second-order valence-electron chi connectivity index (χ2n) is 5.57. The number of hydrogen-bond donors (Lipinski definition) is 0. The van der Waals surface area contributed by atoms with Crippen molar-refractivity contribution in [3.63, 3.8) is 0 Å². The summed E-state index contributed by atoms with van der Waals surface area (Å²) in [5.74, 6) is 0.704. The predicted molar refractivity (Wildman–Crippen MR) is 98.3 cm³/mol. The van der Waals surface area contributed by atoms with Crippen molar-refractivity contribution in [1.29, 1.82) is 0 Å². The highest BCUT2D eigenvalue weighted by atomic mass is 79.9. The Morgan fingerprint density at radius 3 is 2.30 bits per heavy atom. The molecule has 20 heavy (non-hydrogen) atoms. The molecule has 114 valence electrons. The van der Waals surface area contributed by atoms with Crippen LogP contribution < -0.4 is 0 Å². The molecule has 0 aliphatic heterocycles. The molecule has 0 aliphatic rings. The van der Waals surface area contributed by atoms with Crippen molar-refractivity contribution in [1.82, 2.24) is 0 Å². The molecule has 1 rings (SSSR count). The summed E-state index contributed by atoms with van der Waals surface area (Å²) in [5, 5.41) is 1.84. The second-order valence-corrected chi connectivity index (χ2v) is 7.55. The van der Waals surface area contributed by atoms with Crippen molar-refractivity contribution in [2.24, 2.45) is 5.92 Å². The van der Waals surface area contributed by atoms with Crippen molar-refractivity contribution in [3.05, 3.63) is 34.3 Å². The number of alkyl halides is 2. The van der Waals surface area contributed by atoms with Gasteiger partial charge in [-0.25, -0.2) is 0 Å². The summed E-state index contributed by atoms with van der Waals surface area (Å²) in [6.45, 7) is 6.11. The van der Waals surface area contributed by atoms with Gasteiger partial charge in [0.15, 0.2) is 0 Å². The Morgan fingerprint density at radius 2 is 1.75 bits per heavy atom. The van der Waals surface area contributed by atoms with Crippen LogP contribution in [-0.4, -0.2) is 23.9 Å². The molecule has 0 aliphatic carbocycles. The van der Waals surface area contributed by atoms with E-state index in [2.05, 4.69) is 85.9 Å². The topological polar surface area (TPSA) is 9.23 Å². The van der Waals surface area contributed by atoms with E-state index in [1.807, 2.05) is 0 Å². The maximum atomic E-state index is 5.81. The molecule has 4 heteroatoms. The zero-order chi connectivity index (χ0) is 15.0. The Hall–Kier alpha value is 0.620. The van der Waals surface area contributed by atoms with E-state index in [4.69, 9.17) is 4.74 Å². The van der Waals surface area contributed by atoms with Gasteiger partial charge in [-0.05, 0) is 30.4 Å². The van der Waals surface area contributed by atoms with Crippen LogP contribution in [0.2, 0.25) is 0 Å². The molecule has 0 amide bonds. The molecular weight excluding hydrogens is 448 g/mol. The van der Waals surface area contributed by atoms with E-state index >= 15 is 0 Å². The van der Waals surface area contributed by atoms with Crippen LogP contribution in [0.1, 0.15) is 32.3 Å². The van der Waals surface area contributed by atoms with E-state index < -0.39 is 0 Å². The molecule has 1 nitrogen and oxygen atoms in total. The van der Waals surface area contributed by atoms with Gasteiger partial charge in [0.1, 0.15) is 0 Å². The monoisotopic (exact) mass is 468 g/mol. The first kappa shape index (κ1) is 18.7. The van der Waals surface area contributed by atoms with Crippen molar-refractivity contribution in [2.45, 2.75) is 32.1 Å². The quantitative estimate of drug-likeness (QED) is 0.321. The minimum atomic E-state index is 0.0674. The predicted octanol–water partition coefficient (Wildman–Crippen LogP) is 5.93. The number of ether oxygens (including phenoxy) is 1.